The highest BCUT2D eigenvalue weighted by Crippen LogP contribution is 2.22. The molecular weight excluding hydrogens is 216 g/mol. The number of amides is 1. The van der Waals surface area contributed by atoms with Crippen molar-refractivity contribution in [3.63, 3.8) is 0 Å². The van der Waals surface area contributed by atoms with Gasteiger partial charge in [0.15, 0.2) is 0 Å². The van der Waals surface area contributed by atoms with E-state index in [4.69, 9.17) is 5.11 Å². The van der Waals surface area contributed by atoms with Crippen molar-refractivity contribution < 1.29 is 9.90 Å². The molecule has 2 aliphatic rings. The monoisotopic (exact) mass is 240 g/mol. The molecule has 0 aliphatic carbocycles. The lowest BCUT2D eigenvalue weighted by Crippen LogP contribution is -2.49. The molecule has 0 aromatic rings. The van der Waals surface area contributed by atoms with Crippen LogP contribution in [0.2, 0.25) is 0 Å². The Morgan fingerprint density at radius 3 is 3.00 bits per heavy atom. The molecule has 4 heteroatoms. The van der Waals surface area contributed by atoms with E-state index in [9.17, 15) is 4.79 Å². The first-order valence-electron chi connectivity index (χ1n) is 6.83. The standard InChI is InChI=1S/C13H24N2O2/c1-10-2-5-14-12(8-10)13(17)15-6-3-11(9-15)4-7-16/h10-12,14,16H,2-9H2,1H3. The molecule has 2 rings (SSSR count). The molecule has 2 heterocycles. The summed E-state index contributed by atoms with van der Waals surface area (Å²) in [6, 6.07) is 0.0339. The summed E-state index contributed by atoms with van der Waals surface area (Å²) in [5.41, 5.74) is 0. The third-order valence-electron chi connectivity index (χ3n) is 4.10. The molecular formula is C13H24N2O2. The Labute approximate surface area is 103 Å². The third-order valence-corrected chi connectivity index (χ3v) is 4.10. The average molecular weight is 240 g/mol. The van der Waals surface area contributed by atoms with Crippen molar-refractivity contribution in [2.45, 2.75) is 38.6 Å². The zero-order valence-corrected chi connectivity index (χ0v) is 10.7. The number of aliphatic hydroxyl groups excluding tert-OH is 1. The summed E-state index contributed by atoms with van der Waals surface area (Å²) >= 11 is 0. The highest BCUT2D eigenvalue weighted by atomic mass is 16.3. The SMILES string of the molecule is CC1CCNC(C(=O)N2CCC(CCO)C2)C1. The summed E-state index contributed by atoms with van der Waals surface area (Å²) < 4.78 is 0. The summed E-state index contributed by atoms with van der Waals surface area (Å²) in [6.07, 6.45) is 4.03. The lowest BCUT2D eigenvalue weighted by Gasteiger charge is -2.30. The lowest BCUT2D eigenvalue weighted by molar-refractivity contribution is -0.133. The number of hydrogen-bond acceptors (Lipinski definition) is 3. The second kappa shape index (κ2) is 5.83. The molecule has 2 aliphatic heterocycles. The normalized spacial score (nSPS) is 34.0. The summed E-state index contributed by atoms with van der Waals surface area (Å²) in [5, 5.41) is 12.3. The zero-order chi connectivity index (χ0) is 12.3. The quantitative estimate of drug-likeness (QED) is 0.760. The fraction of sp³-hybridized carbons (Fsp3) is 0.923. The number of rotatable bonds is 3. The molecule has 2 saturated heterocycles. The van der Waals surface area contributed by atoms with Gasteiger partial charge in [-0.05, 0) is 44.1 Å². The van der Waals surface area contributed by atoms with Crippen molar-refractivity contribution in [2.75, 3.05) is 26.2 Å². The van der Waals surface area contributed by atoms with Crippen LogP contribution in [0.1, 0.15) is 32.6 Å². The molecule has 3 unspecified atom stereocenters. The minimum atomic E-state index is 0.0339. The fourth-order valence-corrected chi connectivity index (χ4v) is 2.97. The highest BCUT2D eigenvalue weighted by molar-refractivity contribution is 5.82. The molecule has 1 amide bonds. The van der Waals surface area contributed by atoms with E-state index in [2.05, 4.69) is 12.2 Å². The van der Waals surface area contributed by atoms with Gasteiger partial charge in [0.25, 0.3) is 0 Å². The van der Waals surface area contributed by atoms with Crippen molar-refractivity contribution in [1.29, 1.82) is 0 Å². The molecule has 17 heavy (non-hydrogen) atoms. The average Bonchev–Trinajstić information content (AvgIpc) is 2.77. The van der Waals surface area contributed by atoms with Gasteiger partial charge in [0.1, 0.15) is 0 Å². The van der Waals surface area contributed by atoms with E-state index in [1.54, 1.807) is 0 Å². The van der Waals surface area contributed by atoms with E-state index in [1.165, 1.54) is 6.42 Å². The van der Waals surface area contributed by atoms with Crippen LogP contribution >= 0.6 is 0 Å². The van der Waals surface area contributed by atoms with Crippen molar-refractivity contribution in [3.8, 4) is 0 Å². The maximum Gasteiger partial charge on any atom is 0.239 e. The summed E-state index contributed by atoms with van der Waals surface area (Å²) in [5.74, 6) is 1.43. The molecule has 0 aromatic carbocycles. The van der Waals surface area contributed by atoms with E-state index in [1.807, 2.05) is 4.90 Å². The molecule has 0 radical (unpaired) electrons. The lowest BCUT2D eigenvalue weighted by atomic mass is 9.93. The van der Waals surface area contributed by atoms with E-state index < -0.39 is 0 Å². The molecule has 0 aromatic heterocycles. The zero-order valence-electron chi connectivity index (χ0n) is 10.7. The van der Waals surface area contributed by atoms with Gasteiger partial charge in [-0.15, -0.1) is 0 Å². The first kappa shape index (κ1) is 12.8. The summed E-state index contributed by atoms with van der Waals surface area (Å²) in [6.45, 7) is 5.14. The van der Waals surface area contributed by atoms with Crippen molar-refractivity contribution >= 4 is 5.91 Å². The number of aliphatic hydroxyl groups is 1. The Morgan fingerprint density at radius 2 is 2.29 bits per heavy atom. The maximum absolute atomic E-state index is 12.3. The largest absolute Gasteiger partial charge is 0.396 e. The number of piperidine rings is 1. The number of nitrogens with zero attached hydrogens (tertiary/aromatic N) is 1. The van der Waals surface area contributed by atoms with Crippen molar-refractivity contribution in [3.05, 3.63) is 0 Å². The first-order valence-corrected chi connectivity index (χ1v) is 6.83. The Kier molecular flexibility index (Phi) is 4.40. The Hall–Kier alpha value is -0.610. The highest BCUT2D eigenvalue weighted by Gasteiger charge is 2.32. The van der Waals surface area contributed by atoms with Crippen LogP contribution in [0.15, 0.2) is 0 Å². The topological polar surface area (TPSA) is 52.6 Å². The van der Waals surface area contributed by atoms with Crippen LogP contribution in [0.4, 0.5) is 0 Å². The maximum atomic E-state index is 12.3. The minimum absolute atomic E-state index is 0.0339. The van der Waals surface area contributed by atoms with Crippen molar-refractivity contribution in [1.82, 2.24) is 10.2 Å². The second-order valence-corrected chi connectivity index (χ2v) is 5.59. The Morgan fingerprint density at radius 1 is 1.47 bits per heavy atom. The van der Waals surface area contributed by atoms with Gasteiger partial charge < -0.3 is 15.3 Å². The van der Waals surface area contributed by atoms with Crippen LogP contribution in [0, 0.1) is 11.8 Å². The van der Waals surface area contributed by atoms with E-state index in [0.717, 1.165) is 38.9 Å². The van der Waals surface area contributed by atoms with Crippen molar-refractivity contribution in [2.24, 2.45) is 11.8 Å². The summed E-state index contributed by atoms with van der Waals surface area (Å²) in [7, 11) is 0. The van der Waals surface area contributed by atoms with Gasteiger partial charge in [0.2, 0.25) is 5.91 Å². The molecule has 2 fully saturated rings. The van der Waals surface area contributed by atoms with Crippen LogP contribution in [0.5, 0.6) is 0 Å². The molecule has 0 spiro atoms. The Bertz CT molecular complexity index is 270. The number of hydrogen-bond donors (Lipinski definition) is 2. The van der Waals surface area contributed by atoms with Gasteiger partial charge in [0.05, 0.1) is 6.04 Å². The smallest absolute Gasteiger partial charge is 0.239 e. The predicted molar refractivity (Wildman–Crippen MR) is 66.6 cm³/mol. The number of carbonyl (C=O) groups excluding carboxylic acids is 1. The van der Waals surface area contributed by atoms with Gasteiger partial charge >= 0.3 is 0 Å². The number of carbonyl (C=O) groups is 1. The van der Waals surface area contributed by atoms with Crippen LogP contribution in [0.25, 0.3) is 0 Å². The van der Waals surface area contributed by atoms with E-state index in [-0.39, 0.29) is 18.6 Å². The second-order valence-electron chi connectivity index (χ2n) is 5.59. The molecule has 3 atom stereocenters. The molecule has 0 saturated carbocycles. The van der Waals surface area contributed by atoms with Gasteiger partial charge in [-0.2, -0.15) is 0 Å². The van der Waals surface area contributed by atoms with E-state index >= 15 is 0 Å². The first-order chi connectivity index (χ1) is 8.20. The van der Waals surface area contributed by atoms with Gasteiger partial charge in [-0.1, -0.05) is 6.92 Å². The number of nitrogens with one attached hydrogen (secondary N) is 1. The predicted octanol–water partition coefficient (Wildman–Crippen LogP) is 0.605. The summed E-state index contributed by atoms with van der Waals surface area (Å²) in [4.78, 5) is 14.3. The van der Waals surface area contributed by atoms with Gasteiger partial charge in [-0.25, -0.2) is 0 Å². The molecule has 4 nitrogen and oxygen atoms in total. The third kappa shape index (κ3) is 3.19. The van der Waals surface area contributed by atoms with Crippen LogP contribution in [-0.4, -0.2) is 48.2 Å². The number of likely N-dealkylation sites (tertiary alicyclic amines) is 1. The minimum Gasteiger partial charge on any atom is -0.396 e. The fourth-order valence-electron chi connectivity index (χ4n) is 2.97. The van der Waals surface area contributed by atoms with Crippen LogP contribution in [-0.2, 0) is 4.79 Å². The molecule has 98 valence electrons. The molecule has 0 bridgehead atoms. The van der Waals surface area contributed by atoms with Crippen LogP contribution < -0.4 is 5.32 Å². The molecule has 2 N–H and O–H groups in total. The van der Waals surface area contributed by atoms with Gasteiger partial charge in [-0.3, -0.25) is 4.79 Å². The Balaban J connectivity index is 1.83. The van der Waals surface area contributed by atoms with Gasteiger partial charge in [0, 0.05) is 19.7 Å². The van der Waals surface area contributed by atoms with Crippen LogP contribution in [0.3, 0.4) is 0 Å². The van der Waals surface area contributed by atoms with E-state index in [0.29, 0.717) is 11.8 Å².